The summed E-state index contributed by atoms with van der Waals surface area (Å²) in [5.41, 5.74) is 5.35. The molecule has 0 bridgehead atoms. The minimum atomic E-state index is -0.316. The molecule has 0 saturated carbocycles. The van der Waals surface area contributed by atoms with Crippen LogP contribution in [0.25, 0.3) is 0 Å². The molecule has 1 saturated heterocycles. The van der Waals surface area contributed by atoms with Gasteiger partial charge in [0.2, 0.25) is 0 Å². The fourth-order valence-electron chi connectivity index (χ4n) is 2.12. The van der Waals surface area contributed by atoms with Crippen LogP contribution < -0.4 is 11.1 Å². The molecule has 0 unspecified atom stereocenters. The maximum Gasteiger partial charge on any atom is 0.314 e. The van der Waals surface area contributed by atoms with Crippen LogP contribution in [0.4, 0.5) is 4.79 Å². The van der Waals surface area contributed by atoms with E-state index in [4.69, 9.17) is 10.8 Å². The van der Waals surface area contributed by atoms with Gasteiger partial charge in [-0.15, -0.1) is 0 Å². The van der Waals surface area contributed by atoms with Crippen LogP contribution in [0.5, 0.6) is 0 Å². The Morgan fingerprint density at radius 2 is 2.06 bits per heavy atom. The van der Waals surface area contributed by atoms with Gasteiger partial charge in [0.25, 0.3) is 0 Å². The Balaban J connectivity index is 2.24. The molecule has 1 fully saturated rings. The van der Waals surface area contributed by atoms with Crippen LogP contribution in [0.3, 0.4) is 0 Å². The van der Waals surface area contributed by atoms with Crippen LogP contribution in [-0.4, -0.2) is 48.3 Å². The summed E-state index contributed by atoms with van der Waals surface area (Å²) >= 11 is 0. The topological polar surface area (TPSA) is 78.6 Å². The summed E-state index contributed by atoms with van der Waals surface area (Å²) in [6, 6.07) is 0.146. The number of nitrogens with one attached hydrogen (secondary N) is 1. The molecule has 1 heterocycles. The van der Waals surface area contributed by atoms with Gasteiger partial charge in [-0.25, -0.2) is 4.79 Å². The third-order valence-electron chi connectivity index (χ3n) is 3.46. The number of urea groups is 1. The van der Waals surface area contributed by atoms with Crippen molar-refractivity contribution in [2.45, 2.75) is 39.2 Å². The number of piperidine rings is 1. The first kappa shape index (κ1) is 14.3. The second-order valence-corrected chi connectivity index (χ2v) is 5.62. The summed E-state index contributed by atoms with van der Waals surface area (Å²) in [7, 11) is 0. The number of aliphatic hydroxyl groups is 1. The van der Waals surface area contributed by atoms with Crippen molar-refractivity contribution in [1.82, 2.24) is 10.2 Å². The van der Waals surface area contributed by atoms with E-state index in [0.29, 0.717) is 6.04 Å². The number of carbonyl (C=O) groups excluding carboxylic acids is 1. The van der Waals surface area contributed by atoms with Crippen molar-refractivity contribution in [2.24, 2.45) is 11.1 Å². The lowest BCUT2D eigenvalue weighted by atomic mass is 9.89. The van der Waals surface area contributed by atoms with Gasteiger partial charge in [-0.1, -0.05) is 13.8 Å². The van der Waals surface area contributed by atoms with Crippen LogP contribution in [-0.2, 0) is 0 Å². The van der Waals surface area contributed by atoms with Crippen LogP contribution >= 0.6 is 0 Å². The molecule has 5 heteroatoms. The molecule has 5 nitrogen and oxygen atoms in total. The van der Waals surface area contributed by atoms with Gasteiger partial charge in [-0.3, -0.25) is 0 Å². The summed E-state index contributed by atoms with van der Waals surface area (Å²) in [6.45, 7) is 6.91. The smallest absolute Gasteiger partial charge is 0.314 e. The lowest BCUT2D eigenvalue weighted by molar-refractivity contribution is 0.172. The van der Waals surface area contributed by atoms with E-state index in [2.05, 4.69) is 19.2 Å². The predicted molar refractivity (Wildman–Crippen MR) is 67.7 cm³/mol. The Kier molecular flexibility index (Phi) is 5.21. The normalized spacial score (nSPS) is 18.4. The van der Waals surface area contributed by atoms with E-state index in [1.54, 1.807) is 4.90 Å². The maximum atomic E-state index is 11.0. The minimum Gasteiger partial charge on any atom is -0.396 e. The molecular weight excluding hydrogens is 218 g/mol. The van der Waals surface area contributed by atoms with Crippen molar-refractivity contribution in [3.63, 3.8) is 0 Å². The van der Waals surface area contributed by atoms with Gasteiger partial charge in [0.1, 0.15) is 0 Å². The van der Waals surface area contributed by atoms with Gasteiger partial charge in [0, 0.05) is 32.3 Å². The molecule has 0 spiro atoms. The van der Waals surface area contributed by atoms with Gasteiger partial charge >= 0.3 is 6.03 Å². The van der Waals surface area contributed by atoms with Crippen molar-refractivity contribution in [3.05, 3.63) is 0 Å². The fraction of sp³-hybridized carbons (Fsp3) is 0.917. The molecule has 0 aromatic heterocycles. The Labute approximate surface area is 103 Å². The number of primary amides is 1. The lowest BCUT2D eigenvalue weighted by Crippen LogP contribution is -2.48. The van der Waals surface area contributed by atoms with Crippen LogP contribution in [0, 0.1) is 5.41 Å². The highest BCUT2D eigenvalue weighted by Crippen LogP contribution is 2.19. The number of rotatable bonds is 5. The second-order valence-electron chi connectivity index (χ2n) is 5.62. The first-order valence-electron chi connectivity index (χ1n) is 6.33. The SMILES string of the molecule is CC(C)(CCO)CNC1CCN(C(N)=O)CC1. The summed E-state index contributed by atoms with van der Waals surface area (Å²) in [4.78, 5) is 12.7. The molecule has 0 radical (unpaired) electrons. The Morgan fingerprint density at radius 1 is 1.47 bits per heavy atom. The molecule has 0 aromatic rings. The van der Waals surface area contributed by atoms with Crippen LogP contribution in [0.2, 0.25) is 0 Å². The molecule has 0 aromatic carbocycles. The van der Waals surface area contributed by atoms with E-state index < -0.39 is 0 Å². The molecule has 4 N–H and O–H groups in total. The van der Waals surface area contributed by atoms with Crippen molar-refractivity contribution >= 4 is 6.03 Å². The molecule has 17 heavy (non-hydrogen) atoms. The number of hydrogen-bond donors (Lipinski definition) is 3. The summed E-state index contributed by atoms with van der Waals surface area (Å²) < 4.78 is 0. The maximum absolute atomic E-state index is 11.0. The van der Waals surface area contributed by atoms with E-state index in [9.17, 15) is 4.79 Å². The third kappa shape index (κ3) is 4.91. The largest absolute Gasteiger partial charge is 0.396 e. The quantitative estimate of drug-likeness (QED) is 0.659. The number of carbonyl (C=O) groups is 1. The van der Waals surface area contributed by atoms with Gasteiger partial charge in [-0.05, 0) is 24.7 Å². The Bertz CT molecular complexity index is 248. The van der Waals surface area contributed by atoms with E-state index in [1.165, 1.54) is 0 Å². The number of likely N-dealkylation sites (tertiary alicyclic amines) is 1. The summed E-state index contributed by atoms with van der Waals surface area (Å²) in [5, 5.41) is 12.5. The van der Waals surface area contributed by atoms with Crippen LogP contribution in [0.15, 0.2) is 0 Å². The van der Waals surface area contributed by atoms with Gasteiger partial charge in [0.15, 0.2) is 0 Å². The average Bonchev–Trinajstić information content (AvgIpc) is 2.27. The highest BCUT2D eigenvalue weighted by atomic mass is 16.3. The molecule has 1 rings (SSSR count). The van der Waals surface area contributed by atoms with Crippen molar-refractivity contribution < 1.29 is 9.90 Å². The van der Waals surface area contributed by atoms with Gasteiger partial charge in [0.05, 0.1) is 0 Å². The zero-order valence-corrected chi connectivity index (χ0v) is 10.9. The molecule has 0 atom stereocenters. The highest BCUT2D eigenvalue weighted by Gasteiger charge is 2.23. The average molecular weight is 243 g/mol. The molecule has 1 aliphatic heterocycles. The molecule has 0 aliphatic carbocycles. The van der Waals surface area contributed by atoms with Crippen molar-refractivity contribution in [2.75, 3.05) is 26.2 Å². The van der Waals surface area contributed by atoms with E-state index >= 15 is 0 Å². The van der Waals surface area contributed by atoms with Gasteiger partial charge in [-0.2, -0.15) is 0 Å². The summed E-state index contributed by atoms with van der Waals surface area (Å²) in [5.74, 6) is 0. The Morgan fingerprint density at radius 3 is 2.53 bits per heavy atom. The number of nitrogens with zero attached hydrogens (tertiary/aromatic N) is 1. The molecule has 100 valence electrons. The minimum absolute atomic E-state index is 0.121. The van der Waals surface area contributed by atoms with Gasteiger partial charge < -0.3 is 21.1 Å². The van der Waals surface area contributed by atoms with Crippen molar-refractivity contribution in [1.29, 1.82) is 0 Å². The second kappa shape index (κ2) is 6.21. The summed E-state index contributed by atoms with van der Waals surface area (Å²) in [6.07, 6.45) is 2.72. The highest BCUT2D eigenvalue weighted by molar-refractivity contribution is 5.72. The first-order chi connectivity index (χ1) is 7.94. The molecule has 1 aliphatic rings. The number of amides is 2. The number of hydrogen-bond acceptors (Lipinski definition) is 3. The van der Waals surface area contributed by atoms with E-state index in [1.807, 2.05) is 0 Å². The number of nitrogens with two attached hydrogens (primary N) is 1. The standard InChI is InChI=1S/C12H25N3O2/c1-12(2,5-8-16)9-14-10-3-6-15(7-4-10)11(13)17/h10,14,16H,3-9H2,1-2H3,(H2,13,17). The van der Waals surface area contributed by atoms with E-state index in [0.717, 1.165) is 38.9 Å². The van der Waals surface area contributed by atoms with Crippen molar-refractivity contribution in [3.8, 4) is 0 Å². The molecule has 2 amide bonds. The predicted octanol–water partition coefficient (Wildman–Crippen LogP) is 0.528. The number of aliphatic hydroxyl groups excluding tert-OH is 1. The van der Waals surface area contributed by atoms with Crippen LogP contribution in [0.1, 0.15) is 33.1 Å². The third-order valence-corrected chi connectivity index (χ3v) is 3.46. The first-order valence-corrected chi connectivity index (χ1v) is 6.33. The Hall–Kier alpha value is -0.810. The zero-order chi connectivity index (χ0) is 12.9. The zero-order valence-electron chi connectivity index (χ0n) is 10.9. The lowest BCUT2D eigenvalue weighted by Gasteiger charge is -2.33. The monoisotopic (exact) mass is 243 g/mol. The fourth-order valence-corrected chi connectivity index (χ4v) is 2.12. The van der Waals surface area contributed by atoms with E-state index in [-0.39, 0.29) is 18.1 Å². The molecular formula is C12H25N3O2.